The third-order valence-electron chi connectivity index (χ3n) is 4.39. The number of carboxylic acid groups (broad SMARTS) is 1. The average Bonchev–Trinajstić information content (AvgIpc) is 2.94. The predicted molar refractivity (Wildman–Crippen MR) is 78.8 cm³/mol. The van der Waals surface area contributed by atoms with Crippen molar-refractivity contribution in [2.75, 3.05) is 7.11 Å². The monoisotopic (exact) mass is 343 g/mol. The molecular formula is C16H19F2NO5. The van der Waals surface area contributed by atoms with E-state index in [1.165, 1.54) is 7.11 Å². The number of carbonyl (C=O) groups excluding carboxylic acids is 1. The van der Waals surface area contributed by atoms with Crippen LogP contribution in [0.3, 0.4) is 0 Å². The Morgan fingerprint density at radius 3 is 2.42 bits per heavy atom. The standard InChI is InChI=1S/C16H19F2NO5/c1-3-16(14(21)22)9-15(19-24-16,5-4-13(20)23-2)10-6-11(17)8-12(18)7-10/h6-8,19H,3-5,9H2,1-2H3,(H,21,22). The van der Waals surface area contributed by atoms with E-state index >= 15 is 0 Å². The van der Waals surface area contributed by atoms with E-state index in [1.807, 2.05) is 0 Å². The van der Waals surface area contributed by atoms with E-state index in [1.54, 1.807) is 6.92 Å². The molecule has 132 valence electrons. The van der Waals surface area contributed by atoms with Crippen LogP contribution in [0.25, 0.3) is 0 Å². The summed E-state index contributed by atoms with van der Waals surface area (Å²) in [6.45, 7) is 1.64. The first-order valence-electron chi connectivity index (χ1n) is 7.49. The van der Waals surface area contributed by atoms with Gasteiger partial charge in [0.25, 0.3) is 0 Å². The van der Waals surface area contributed by atoms with Crippen LogP contribution in [0, 0.1) is 11.6 Å². The Morgan fingerprint density at radius 1 is 1.33 bits per heavy atom. The first-order valence-corrected chi connectivity index (χ1v) is 7.49. The number of methoxy groups -OCH3 is 1. The van der Waals surface area contributed by atoms with Crippen LogP contribution in [0.4, 0.5) is 8.78 Å². The minimum Gasteiger partial charge on any atom is -0.479 e. The van der Waals surface area contributed by atoms with Gasteiger partial charge in [-0.25, -0.2) is 13.6 Å². The molecule has 0 amide bonds. The van der Waals surface area contributed by atoms with Gasteiger partial charge in [0.2, 0.25) is 0 Å². The van der Waals surface area contributed by atoms with Crippen molar-refractivity contribution in [2.45, 2.75) is 43.7 Å². The molecule has 0 aromatic heterocycles. The Balaban J connectivity index is 2.43. The molecule has 0 radical (unpaired) electrons. The van der Waals surface area contributed by atoms with Crippen LogP contribution in [-0.2, 0) is 24.7 Å². The Labute approximate surface area is 137 Å². The molecule has 1 heterocycles. The highest BCUT2D eigenvalue weighted by Gasteiger charge is 2.54. The predicted octanol–water partition coefficient (Wildman–Crippen LogP) is 2.27. The number of aliphatic carboxylic acids is 1. The third kappa shape index (κ3) is 3.39. The van der Waals surface area contributed by atoms with Crippen LogP contribution in [0.1, 0.15) is 38.2 Å². The normalized spacial score (nSPS) is 26.3. The molecular weight excluding hydrogens is 324 g/mol. The number of rotatable bonds is 6. The lowest BCUT2D eigenvalue weighted by Crippen LogP contribution is -2.39. The first kappa shape index (κ1) is 18.3. The lowest BCUT2D eigenvalue weighted by Gasteiger charge is -2.29. The van der Waals surface area contributed by atoms with E-state index in [4.69, 9.17) is 4.84 Å². The number of halogens is 2. The van der Waals surface area contributed by atoms with E-state index in [2.05, 4.69) is 10.2 Å². The molecule has 1 aliphatic rings. The summed E-state index contributed by atoms with van der Waals surface area (Å²) >= 11 is 0. The molecule has 2 atom stereocenters. The number of hydrogen-bond acceptors (Lipinski definition) is 5. The van der Waals surface area contributed by atoms with Crippen LogP contribution in [0.2, 0.25) is 0 Å². The summed E-state index contributed by atoms with van der Waals surface area (Å²) in [5, 5.41) is 9.47. The summed E-state index contributed by atoms with van der Waals surface area (Å²) in [6.07, 6.45) is 0.0703. The third-order valence-corrected chi connectivity index (χ3v) is 4.39. The summed E-state index contributed by atoms with van der Waals surface area (Å²) in [4.78, 5) is 28.4. The van der Waals surface area contributed by atoms with Gasteiger partial charge in [-0.3, -0.25) is 9.63 Å². The van der Waals surface area contributed by atoms with Gasteiger partial charge in [-0.2, -0.15) is 5.48 Å². The van der Waals surface area contributed by atoms with Crippen molar-refractivity contribution in [3.05, 3.63) is 35.4 Å². The van der Waals surface area contributed by atoms with Gasteiger partial charge in [0.05, 0.1) is 12.6 Å². The van der Waals surface area contributed by atoms with E-state index in [9.17, 15) is 23.5 Å². The zero-order valence-corrected chi connectivity index (χ0v) is 13.4. The topological polar surface area (TPSA) is 84.9 Å². The number of hydrogen-bond donors (Lipinski definition) is 2. The van der Waals surface area contributed by atoms with Gasteiger partial charge >= 0.3 is 11.9 Å². The number of hydroxylamine groups is 1. The van der Waals surface area contributed by atoms with Gasteiger partial charge < -0.3 is 9.84 Å². The van der Waals surface area contributed by atoms with E-state index in [0.717, 1.165) is 18.2 Å². The van der Waals surface area contributed by atoms with Crippen molar-refractivity contribution in [1.82, 2.24) is 5.48 Å². The summed E-state index contributed by atoms with van der Waals surface area (Å²) in [7, 11) is 1.23. The van der Waals surface area contributed by atoms with Crippen molar-refractivity contribution in [3.63, 3.8) is 0 Å². The van der Waals surface area contributed by atoms with Gasteiger partial charge in [-0.15, -0.1) is 0 Å². The van der Waals surface area contributed by atoms with Gasteiger partial charge in [-0.1, -0.05) is 6.92 Å². The molecule has 1 fully saturated rings. The number of carbonyl (C=O) groups is 2. The van der Waals surface area contributed by atoms with Crippen LogP contribution in [-0.4, -0.2) is 29.8 Å². The van der Waals surface area contributed by atoms with Crippen molar-refractivity contribution in [2.24, 2.45) is 0 Å². The molecule has 0 saturated carbocycles. The highest BCUT2D eigenvalue weighted by atomic mass is 19.1. The Bertz CT molecular complexity index is 633. The molecule has 1 aliphatic heterocycles. The van der Waals surface area contributed by atoms with Gasteiger partial charge in [-0.05, 0) is 30.5 Å². The average molecular weight is 343 g/mol. The molecule has 2 unspecified atom stereocenters. The summed E-state index contributed by atoms with van der Waals surface area (Å²) in [5.41, 5.74) is 0.0431. The Kier molecular flexibility index (Phi) is 5.19. The number of esters is 1. The molecule has 24 heavy (non-hydrogen) atoms. The summed E-state index contributed by atoms with van der Waals surface area (Å²) < 4.78 is 31.9. The lowest BCUT2D eigenvalue weighted by molar-refractivity contribution is -0.167. The van der Waals surface area contributed by atoms with Crippen molar-refractivity contribution in [3.8, 4) is 0 Å². The molecule has 1 saturated heterocycles. The number of carboxylic acids is 1. The molecule has 0 aliphatic carbocycles. The maximum atomic E-state index is 13.6. The highest BCUT2D eigenvalue weighted by molar-refractivity contribution is 5.78. The molecule has 0 spiro atoms. The molecule has 6 nitrogen and oxygen atoms in total. The van der Waals surface area contributed by atoms with Crippen LogP contribution >= 0.6 is 0 Å². The van der Waals surface area contributed by atoms with E-state index < -0.39 is 34.7 Å². The fraction of sp³-hybridized carbons (Fsp3) is 0.500. The second kappa shape index (κ2) is 6.82. The maximum Gasteiger partial charge on any atom is 0.338 e. The second-order valence-electron chi connectivity index (χ2n) is 5.85. The van der Waals surface area contributed by atoms with Crippen molar-refractivity contribution in [1.29, 1.82) is 0 Å². The SMILES string of the molecule is CCC1(C(=O)O)CC(CCC(=O)OC)(c2cc(F)cc(F)c2)NO1. The summed E-state index contributed by atoms with van der Waals surface area (Å²) in [6, 6.07) is 2.92. The Hall–Kier alpha value is -2.06. The fourth-order valence-corrected chi connectivity index (χ4v) is 2.92. The van der Waals surface area contributed by atoms with E-state index in [-0.39, 0.29) is 31.2 Å². The van der Waals surface area contributed by atoms with Gasteiger partial charge in [0, 0.05) is 18.9 Å². The number of nitrogens with one attached hydrogen (secondary N) is 1. The molecule has 2 rings (SSSR count). The van der Waals surface area contributed by atoms with Gasteiger partial charge in [0.15, 0.2) is 5.60 Å². The zero-order valence-electron chi connectivity index (χ0n) is 13.4. The molecule has 1 aromatic carbocycles. The quantitative estimate of drug-likeness (QED) is 0.771. The van der Waals surface area contributed by atoms with Gasteiger partial charge in [0.1, 0.15) is 11.6 Å². The molecule has 1 aromatic rings. The molecule has 8 heteroatoms. The van der Waals surface area contributed by atoms with Crippen molar-refractivity contribution >= 4 is 11.9 Å². The number of ether oxygens (including phenoxy) is 1. The minimum atomic E-state index is -1.54. The second-order valence-corrected chi connectivity index (χ2v) is 5.85. The minimum absolute atomic E-state index is 0.0651. The van der Waals surface area contributed by atoms with Crippen LogP contribution < -0.4 is 5.48 Å². The zero-order chi connectivity index (χ0) is 18.0. The highest BCUT2D eigenvalue weighted by Crippen LogP contribution is 2.43. The molecule has 0 bridgehead atoms. The first-order chi connectivity index (χ1) is 11.3. The maximum absolute atomic E-state index is 13.6. The van der Waals surface area contributed by atoms with E-state index in [0.29, 0.717) is 0 Å². The van der Waals surface area contributed by atoms with Crippen LogP contribution in [0.15, 0.2) is 18.2 Å². The van der Waals surface area contributed by atoms with Crippen LogP contribution in [0.5, 0.6) is 0 Å². The fourth-order valence-electron chi connectivity index (χ4n) is 2.92. The Morgan fingerprint density at radius 2 is 1.96 bits per heavy atom. The largest absolute Gasteiger partial charge is 0.479 e. The van der Waals surface area contributed by atoms with Crippen molar-refractivity contribution < 1.29 is 33.1 Å². The lowest BCUT2D eigenvalue weighted by atomic mass is 9.77. The smallest absolute Gasteiger partial charge is 0.338 e. The molecule has 2 N–H and O–H groups in total. The number of benzene rings is 1. The summed E-state index contributed by atoms with van der Waals surface area (Å²) in [5.74, 6) is -3.30.